The van der Waals surface area contributed by atoms with Gasteiger partial charge in [-0.15, -0.1) is 0 Å². The number of urea groups is 1. The van der Waals surface area contributed by atoms with Crippen LogP contribution >= 0.6 is 0 Å². The zero-order valence-electron chi connectivity index (χ0n) is 23.7. The van der Waals surface area contributed by atoms with Crippen LogP contribution in [0.15, 0.2) is 60.7 Å². The van der Waals surface area contributed by atoms with Gasteiger partial charge in [0, 0.05) is 32.1 Å². The maximum atomic E-state index is 12.7. The van der Waals surface area contributed by atoms with Gasteiger partial charge in [-0.2, -0.15) is 0 Å². The Morgan fingerprint density at radius 1 is 0.975 bits per heavy atom. The van der Waals surface area contributed by atoms with Crippen molar-refractivity contribution in [2.24, 2.45) is 0 Å². The number of amides is 2. The molecule has 1 fully saturated rings. The van der Waals surface area contributed by atoms with Crippen molar-refractivity contribution in [2.45, 2.75) is 52.7 Å². The van der Waals surface area contributed by atoms with Crippen LogP contribution in [0.5, 0.6) is 5.75 Å². The first-order valence-corrected chi connectivity index (χ1v) is 13.6. The van der Waals surface area contributed by atoms with Crippen LogP contribution in [-0.2, 0) is 17.7 Å². The first-order chi connectivity index (χ1) is 19.1. The van der Waals surface area contributed by atoms with Crippen molar-refractivity contribution in [1.29, 1.82) is 0 Å². The highest BCUT2D eigenvalue weighted by molar-refractivity contribution is 5.92. The van der Waals surface area contributed by atoms with Crippen LogP contribution in [0.3, 0.4) is 0 Å². The summed E-state index contributed by atoms with van der Waals surface area (Å²) in [5.41, 5.74) is 3.72. The van der Waals surface area contributed by atoms with Crippen molar-refractivity contribution < 1.29 is 19.1 Å². The van der Waals surface area contributed by atoms with E-state index in [2.05, 4.69) is 23.6 Å². The van der Waals surface area contributed by atoms with Gasteiger partial charge in [0.15, 0.2) is 5.65 Å². The van der Waals surface area contributed by atoms with Gasteiger partial charge >= 0.3 is 12.2 Å². The van der Waals surface area contributed by atoms with Gasteiger partial charge in [0.2, 0.25) is 0 Å². The fraction of sp³-hybridized carbons (Fsp3) is 0.355. The van der Waals surface area contributed by atoms with Crippen LogP contribution < -0.4 is 9.64 Å². The van der Waals surface area contributed by atoms with Gasteiger partial charge in [0.05, 0.1) is 6.54 Å². The Hall–Kier alpha value is -4.40. The van der Waals surface area contributed by atoms with E-state index in [0.29, 0.717) is 24.7 Å². The van der Waals surface area contributed by atoms with Gasteiger partial charge in [-0.1, -0.05) is 49.4 Å². The molecule has 0 saturated carbocycles. The summed E-state index contributed by atoms with van der Waals surface area (Å²) >= 11 is 0. The molecule has 40 heavy (non-hydrogen) atoms. The number of benzene rings is 2. The minimum atomic E-state index is -0.736. The zero-order chi connectivity index (χ0) is 28.4. The van der Waals surface area contributed by atoms with Gasteiger partial charge in [0.25, 0.3) is 0 Å². The van der Waals surface area contributed by atoms with Crippen LogP contribution in [0.4, 0.5) is 15.4 Å². The minimum absolute atomic E-state index is 0.0357. The monoisotopic (exact) mass is 541 g/mol. The van der Waals surface area contributed by atoms with Crippen molar-refractivity contribution in [3.8, 4) is 16.9 Å². The number of para-hydroxylation sites is 1. The summed E-state index contributed by atoms with van der Waals surface area (Å²) in [6, 6.07) is 19.3. The minimum Gasteiger partial charge on any atom is -0.428 e. The van der Waals surface area contributed by atoms with E-state index in [1.807, 2.05) is 49.5 Å². The number of imidazole rings is 1. The molecule has 0 N–H and O–H groups in total. The average Bonchev–Trinajstić information content (AvgIpc) is 3.26. The second-order valence-electron chi connectivity index (χ2n) is 10.9. The van der Waals surface area contributed by atoms with E-state index in [1.54, 1.807) is 36.6 Å². The molecule has 0 radical (unpaired) electrons. The van der Waals surface area contributed by atoms with Crippen LogP contribution in [-0.4, -0.2) is 57.4 Å². The molecule has 0 aliphatic carbocycles. The summed E-state index contributed by atoms with van der Waals surface area (Å²) in [6.07, 6.45) is 0.921. The van der Waals surface area contributed by atoms with Gasteiger partial charge in [-0.3, -0.25) is 4.90 Å². The summed E-state index contributed by atoms with van der Waals surface area (Å²) in [4.78, 5) is 38.2. The third-order valence-corrected chi connectivity index (χ3v) is 6.76. The fourth-order valence-corrected chi connectivity index (χ4v) is 4.83. The number of ether oxygens (including phenoxy) is 2. The van der Waals surface area contributed by atoms with E-state index < -0.39 is 11.8 Å². The first kappa shape index (κ1) is 27.2. The van der Waals surface area contributed by atoms with Gasteiger partial charge in [-0.25, -0.2) is 19.6 Å². The lowest BCUT2D eigenvalue weighted by Crippen LogP contribution is -2.47. The van der Waals surface area contributed by atoms with Gasteiger partial charge in [-0.05, 0) is 56.5 Å². The Bertz CT molecular complexity index is 1540. The third kappa shape index (κ3) is 5.78. The molecule has 4 aromatic rings. The number of rotatable bonds is 6. The molecule has 1 aliphatic rings. The summed E-state index contributed by atoms with van der Waals surface area (Å²) in [6.45, 7) is 9.46. The van der Waals surface area contributed by atoms with E-state index in [4.69, 9.17) is 19.4 Å². The Balaban J connectivity index is 1.41. The molecule has 1 saturated heterocycles. The van der Waals surface area contributed by atoms with E-state index >= 15 is 0 Å². The van der Waals surface area contributed by atoms with Crippen LogP contribution in [0.25, 0.3) is 22.3 Å². The number of hydrogen-bond acceptors (Lipinski definition) is 6. The molecule has 2 aromatic heterocycles. The lowest BCUT2D eigenvalue weighted by Gasteiger charge is -2.32. The predicted molar refractivity (Wildman–Crippen MR) is 155 cm³/mol. The molecule has 5 rings (SSSR count). The molecule has 1 aliphatic heterocycles. The van der Waals surface area contributed by atoms with E-state index in [-0.39, 0.29) is 6.03 Å². The number of nitrogens with zero attached hydrogens (tertiary/aromatic N) is 5. The molecular weight excluding hydrogens is 506 g/mol. The molecule has 2 aromatic carbocycles. The van der Waals surface area contributed by atoms with Gasteiger partial charge < -0.3 is 18.9 Å². The lowest BCUT2D eigenvalue weighted by molar-refractivity contribution is 0.0207. The number of carbonyl (C=O) groups is 2. The standard InChI is InChI=1S/C31H35N5O4/c1-6-26-32-24-16-17-27(35-19-9-18-34(5)29(35)37)33-28(24)36(26)20-21-12-14-22(15-13-21)23-10-7-8-11-25(23)39-30(38)40-31(2,3)4/h7-8,10-17H,6,9,18-20H2,1-5H3. The molecule has 0 atom stereocenters. The van der Waals surface area contributed by atoms with Crippen molar-refractivity contribution in [2.75, 3.05) is 25.0 Å². The highest BCUT2D eigenvalue weighted by atomic mass is 16.7. The zero-order valence-corrected chi connectivity index (χ0v) is 23.7. The second kappa shape index (κ2) is 11.0. The second-order valence-corrected chi connectivity index (χ2v) is 10.9. The van der Waals surface area contributed by atoms with Crippen molar-refractivity contribution >= 4 is 29.2 Å². The first-order valence-electron chi connectivity index (χ1n) is 13.6. The largest absolute Gasteiger partial charge is 0.514 e. The number of carbonyl (C=O) groups excluding carboxylic acids is 2. The van der Waals surface area contributed by atoms with Crippen LogP contribution in [0, 0.1) is 0 Å². The average molecular weight is 542 g/mol. The smallest absolute Gasteiger partial charge is 0.428 e. The number of hydrogen-bond donors (Lipinski definition) is 0. The number of fused-ring (bicyclic) bond motifs is 1. The van der Waals surface area contributed by atoms with Crippen LogP contribution in [0.2, 0.25) is 0 Å². The molecule has 9 heteroatoms. The predicted octanol–water partition coefficient (Wildman–Crippen LogP) is 6.28. The molecule has 2 amide bonds. The number of aromatic nitrogens is 3. The maximum Gasteiger partial charge on any atom is 0.514 e. The maximum absolute atomic E-state index is 12.7. The number of pyridine rings is 1. The highest BCUT2D eigenvalue weighted by Crippen LogP contribution is 2.31. The van der Waals surface area contributed by atoms with E-state index in [1.165, 1.54) is 0 Å². The van der Waals surface area contributed by atoms with E-state index in [0.717, 1.165) is 53.1 Å². The molecule has 208 valence electrons. The van der Waals surface area contributed by atoms with Crippen molar-refractivity contribution in [3.63, 3.8) is 0 Å². The summed E-state index contributed by atoms with van der Waals surface area (Å²) in [5.74, 6) is 2.01. The molecule has 3 heterocycles. The Morgan fingerprint density at radius 2 is 1.73 bits per heavy atom. The van der Waals surface area contributed by atoms with Crippen molar-refractivity contribution in [3.05, 3.63) is 72.1 Å². The summed E-state index contributed by atoms with van der Waals surface area (Å²) in [7, 11) is 1.82. The normalized spacial score (nSPS) is 14.1. The number of anilines is 1. The molecule has 0 bridgehead atoms. The Kier molecular flexibility index (Phi) is 7.47. The number of aryl methyl sites for hydroxylation is 1. The molecular formula is C31H35N5O4. The van der Waals surface area contributed by atoms with Gasteiger partial charge in [0.1, 0.15) is 28.5 Å². The highest BCUT2D eigenvalue weighted by Gasteiger charge is 2.26. The van der Waals surface area contributed by atoms with Crippen LogP contribution in [0.1, 0.15) is 45.5 Å². The fourth-order valence-electron chi connectivity index (χ4n) is 4.83. The topological polar surface area (TPSA) is 89.8 Å². The Morgan fingerprint density at radius 3 is 2.45 bits per heavy atom. The SMILES string of the molecule is CCc1nc2ccc(N3CCCN(C)C3=O)nc2n1Cc1ccc(-c2ccccc2OC(=O)OC(C)(C)C)cc1. The Labute approximate surface area is 234 Å². The van der Waals surface area contributed by atoms with E-state index in [9.17, 15) is 9.59 Å². The van der Waals surface area contributed by atoms with Crippen molar-refractivity contribution in [1.82, 2.24) is 19.4 Å². The summed E-state index contributed by atoms with van der Waals surface area (Å²) in [5, 5.41) is 0. The molecule has 0 spiro atoms. The summed E-state index contributed by atoms with van der Waals surface area (Å²) < 4.78 is 13.0. The quantitative estimate of drug-likeness (QED) is 0.211. The lowest BCUT2D eigenvalue weighted by atomic mass is 10.0. The third-order valence-electron chi connectivity index (χ3n) is 6.76. The molecule has 0 unspecified atom stereocenters. The molecule has 9 nitrogen and oxygen atoms in total.